The van der Waals surface area contributed by atoms with Gasteiger partial charge in [-0.1, -0.05) is 0 Å². The number of hydrogen-bond donors (Lipinski definition) is 2. The molecule has 0 aromatic carbocycles. The lowest BCUT2D eigenvalue weighted by molar-refractivity contribution is -0.206. The third kappa shape index (κ3) is 4.62. The molecular weight excluding hydrogens is 453 g/mol. The molecule has 0 saturated heterocycles. The van der Waals surface area contributed by atoms with E-state index in [2.05, 4.69) is 20.4 Å². The van der Waals surface area contributed by atoms with Crippen molar-refractivity contribution < 1.29 is 27.8 Å². The van der Waals surface area contributed by atoms with Gasteiger partial charge in [-0.05, 0) is 47.9 Å². The molecule has 4 rings (SSSR count). The van der Waals surface area contributed by atoms with E-state index in [1.165, 1.54) is 13.3 Å². The number of amides is 1. The van der Waals surface area contributed by atoms with Crippen LogP contribution in [0.3, 0.4) is 0 Å². The van der Waals surface area contributed by atoms with Gasteiger partial charge in [-0.15, -0.1) is 5.10 Å². The zero-order chi connectivity index (χ0) is 24.5. The summed E-state index contributed by atoms with van der Waals surface area (Å²) in [7, 11) is 1.50. The van der Waals surface area contributed by atoms with Crippen molar-refractivity contribution in [2.45, 2.75) is 37.1 Å². The van der Waals surface area contributed by atoms with Crippen LogP contribution < -0.4 is 10.5 Å². The fourth-order valence-electron chi connectivity index (χ4n) is 3.92. The number of rotatable bonds is 8. The zero-order valence-corrected chi connectivity index (χ0v) is 18.0. The van der Waals surface area contributed by atoms with Crippen LogP contribution in [0.25, 0.3) is 16.8 Å². The van der Waals surface area contributed by atoms with E-state index in [9.17, 15) is 23.1 Å². The number of halogens is 3. The Bertz CT molecular complexity index is 1260. The van der Waals surface area contributed by atoms with Crippen molar-refractivity contribution in [3.05, 3.63) is 53.9 Å². The van der Waals surface area contributed by atoms with Gasteiger partial charge in [0.05, 0.1) is 24.6 Å². The molecule has 34 heavy (non-hydrogen) atoms. The second kappa shape index (κ2) is 8.86. The number of hydrogen-bond acceptors (Lipinski definition) is 7. The summed E-state index contributed by atoms with van der Waals surface area (Å²) in [6, 6.07) is 8.61. The first-order valence-corrected chi connectivity index (χ1v) is 10.3. The molecule has 2 atom stereocenters. The minimum atomic E-state index is -4.71. The van der Waals surface area contributed by atoms with Crippen LogP contribution in [-0.2, 0) is 6.42 Å². The topological polar surface area (TPSA) is 127 Å². The van der Waals surface area contributed by atoms with Crippen LogP contribution in [0.15, 0.2) is 58.2 Å². The molecule has 0 spiro atoms. The summed E-state index contributed by atoms with van der Waals surface area (Å²) in [4.78, 5) is 16.3. The first-order chi connectivity index (χ1) is 16.1. The van der Waals surface area contributed by atoms with Crippen LogP contribution in [0, 0.1) is 0 Å². The number of carbonyl (C=O) groups is 1. The van der Waals surface area contributed by atoms with Crippen molar-refractivity contribution in [1.82, 2.24) is 9.38 Å². The number of aliphatic hydroxyl groups excluding tert-OH is 1. The van der Waals surface area contributed by atoms with E-state index in [0.717, 1.165) is 5.56 Å². The molecule has 1 aliphatic heterocycles. The fraction of sp³-hybridized carbons (Fsp3) is 0.318. The Hall–Kier alpha value is -3.80. The molecule has 1 amide bonds. The van der Waals surface area contributed by atoms with E-state index >= 15 is 0 Å². The van der Waals surface area contributed by atoms with Gasteiger partial charge in [-0.2, -0.15) is 18.3 Å². The van der Waals surface area contributed by atoms with Crippen molar-refractivity contribution in [2.24, 2.45) is 21.2 Å². The summed E-state index contributed by atoms with van der Waals surface area (Å²) in [5.41, 5.74) is 7.37. The van der Waals surface area contributed by atoms with E-state index < -0.39 is 30.1 Å². The minimum Gasteiger partial charge on any atom is -0.481 e. The number of primary amides is 1. The number of ether oxygens (including phenoxy) is 1. The maximum absolute atomic E-state index is 12.7. The van der Waals surface area contributed by atoms with Crippen LogP contribution in [0.4, 0.5) is 13.2 Å². The van der Waals surface area contributed by atoms with E-state index in [1.54, 1.807) is 47.1 Å². The lowest BCUT2D eigenvalue weighted by Crippen LogP contribution is -2.35. The molecular formula is C22H21F3N6O3. The number of nitrogens with zero attached hydrogens (tertiary/aromatic N) is 5. The Labute approximate surface area is 191 Å². The number of fused-ring (bicyclic) bond motifs is 1. The van der Waals surface area contributed by atoms with Gasteiger partial charge < -0.3 is 20.0 Å². The molecule has 178 valence electrons. The van der Waals surface area contributed by atoms with Crippen LogP contribution in [0.5, 0.6) is 5.88 Å². The molecule has 3 N–H and O–H groups in total. The second-order valence-electron chi connectivity index (χ2n) is 8.00. The first kappa shape index (κ1) is 23.4. The molecule has 1 aliphatic rings. The third-order valence-corrected chi connectivity index (χ3v) is 5.65. The largest absolute Gasteiger partial charge is 0.481 e. The van der Waals surface area contributed by atoms with Gasteiger partial charge in [0.1, 0.15) is 11.6 Å². The molecule has 12 heteroatoms. The van der Waals surface area contributed by atoms with E-state index in [1.807, 2.05) is 0 Å². The van der Waals surface area contributed by atoms with Gasteiger partial charge >= 0.3 is 6.18 Å². The summed E-state index contributed by atoms with van der Waals surface area (Å²) >= 11 is 0. The minimum absolute atomic E-state index is 0.0951. The van der Waals surface area contributed by atoms with Gasteiger partial charge in [0.25, 0.3) is 5.91 Å². The number of carbonyl (C=O) groups excluding carboxylic acids is 1. The van der Waals surface area contributed by atoms with Gasteiger partial charge in [-0.3, -0.25) is 4.79 Å². The monoisotopic (exact) mass is 474 g/mol. The number of aromatic nitrogens is 2. The number of pyridine rings is 2. The highest BCUT2D eigenvalue weighted by Gasteiger charge is 2.41. The lowest BCUT2D eigenvalue weighted by atomic mass is 9.87. The molecule has 0 saturated carbocycles. The SMILES string of the molecule is COc1ccc(-c2c(C(N)=O)cc3cc(CC4(CCC(O)C(F)(F)F)C=NN=N4)ccn23)cn1. The van der Waals surface area contributed by atoms with Crippen LogP contribution >= 0.6 is 0 Å². The summed E-state index contributed by atoms with van der Waals surface area (Å²) in [6.45, 7) is 0. The fourth-order valence-corrected chi connectivity index (χ4v) is 3.92. The van der Waals surface area contributed by atoms with Crippen molar-refractivity contribution >= 4 is 17.6 Å². The van der Waals surface area contributed by atoms with Crippen molar-refractivity contribution in [3.63, 3.8) is 0 Å². The average molecular weight is 474 g/mol. The molecule has 3 aromatic heterocycles. The molecule has 0 radical (unpaired) electrons. The van der Waals surface area contributed by atoms with Gasteiger partial charge in [-0.25, -0.2) is 4.98 Å². The van der Waals surface area contributed by atoms with Gasteiger partial charge in [0.2, 0.25) is 5.88 Å². The number of methoxy groups -OCH3 is 1. The number of aliphatic hydroxyl groups is 1. The smallest absolute Gasteiger partial charge is 0.414 e. The van der Waals surface area contributed by atoms with Crippen molar-refractivity contribution in [1.29, 1.82) is 0 Å². The van der Waals surface area contributed by atoms with E-state index in [-0.39, 0.29) is 18.4 Å². The lowest BCUT2D eigenvalue weighted by Gasteiger charge is -2.23. The maximum Gasteiger partial charge on any atom is 0.414 e. The van der Waals surface area contributed by atoms with Gasteiger partial charge in [0, 0.05) is 36.0 Å². The molecule has 4 heterocycles. The average Bonchev–Trinajstić information content (AvgIpc) is 3.42. The Morgan fingerprint density at radius 1 is 1.29 bits per heavy atom. The van der Waals surface area contributed by atoms with E-state index in [4.69, 9.17) is 10.5 Å². The molecule has 2 unspecified atom stereocenters. The predicted octanol–water partition coefficient (Wildman–Crippen LogP) is 3.55. The van der Waals surface area contributed by atoms with Crippen LogP contribution in [0.1, 0.15) is 28.8 Å². The third-order valence-electron chi connectivity index (χ3n) is 5.65. The number of alkyl halides is 3. The summed E-state index contributed by atoms with van der Waals surface area (Å²) < 4.78 is 45.1. The summed E-state index contributed by atoms with van der Waals surface area (Å²) in [5, 5.41) is 20.7. The first-order valence-electron chi connectivity index (χ1n) is 10.3. The molecule has 9 nitrogen and oxygen atoms in total. The summed E-state index contributed by atoms with van der Waals surface area (Å²) in [6.07, 6.45) is -2.91. The Balaban J connectivity index is 1.66. The highest BCUT2D eigenvalue weighted by Crippen LogP contribution is 2.33. The normalized spacial score (nSPS) is 18.5. The van der Waals surface area contributed by atoms with Crippen molar-refractivity contribution in [3.8, 4) is 17.1 Å². The Morgan fingerprint density at radius 3 is 2.68 bits per heavy atom. The highest BCUT2D eigenvalue weighted by atomic mass is 19.4. The second-order valence-corrected chi connectivity index (χ2v) is 8.00. The highest BCUT2D eigenvalue weighted by molar-refractivity contribution is 6.01. The summed E-state index contributed by atoms with van der Waals surface area (Å²) in [5.74, 6) is -0.203. The standard InChI is InChI=1S/C22H21F3N6O3/c1-34-18-3-2-14(11-27-18)19-16(20(26)33)9-15-8-13(5-7-31(15)19)10-21(12-28-30-29-21)6-4-17(32)22(23,24)25/h2-3,5,7-9,11-12,17,32H,4,6,10H2,1H3,(H2,26,33). The van der Waals surface area contributed by atoms with Gasteiger partial charge in [0.15, 0.2) is 0 Å². The quantitative estimate of drug-likeness (QED) is 0.518. The molecule has 3 aromatic rings. The molecule has 0 aliphatic carbocycles. The number of nitrogens with two attached hydrogens (primary N) is 1. The predicted molar refractivity (Wildman–Crippen MR) is 117 cm³/mol. The van der Waals surface area contributed by atoms with Crippen molar-refractivity contribution in [2.75, 3.05) is 7.11 Å². The Morgan fingerprint density at radius 2 is 2.09 bits per heavy atom. The zero-order valence-electron chi connectivity index (χ0n) is 18.0. The Kier molecular flexibility index (Phi) is 6.09. The molecule has 0 bridgehead atoms. The van der Waals surface area contributed by atoms with Crippen LogP contribution in [0.2, 0.25) is 0 Å². The van der Waals surface area contributed by atoms with E-state index in [0.29, 0.717) is 22.7 Å². The van der Waals surface area contributed by atoms with Crippen LogP contribution in [-0.4, -0.2) is 51.5 Å². The maximum atomic E-state index is 12.7. The molecule has 0 fully saturated rings.